The number of rotatable bonds is 5. The van der Waals surface area contributed by atoms with Crippen LogP contribution in [0.5, 0.6) is 5.75 Å². The van der Waals surface area contributed by atoms with E-state index >= 15 is 0 Å². The molecule has 1 saturated heterocycles. The van der Waals surface area contributed by atoms with Gasteiger partial charge in [-0.15, -0.1) is 0 Å². The SMILES string of the molecule is CCOc1ccc(NCC2CCCSC2)c(C)c1. The number of thioether (sulfide) groups is 1. The van der Waals surface area contributed by atoms with Crippen LogP contribution in [-0.4, -0.2) is 24.7 Å². The van der Waals surface area contributed by atoms with Crippen LogP contribution in [0.15, 0.2) is 18.2 Å². The molecule has 100 valence electrons. The molecule has 0 aliphatic carbocycles. The number of anilines is 1. The molecule has 1 aromatic rings. The second kappa shape index (κ2) is 6.93. The van der Waals surface area contributed by atoms with Crippen LogP contribution < -0.4 is 10.1 Å². The molecule has 1 fully saturated rings. The fourth-order valence-electron chi connectivity index (χ4n) is 2.31. The number of hydrogen-bond acceptors (Lipinski definition) is 3. The molecular formula is C15H23NOS. The molecule has 0 spiro atoms. The van der Waals surface area contributed by atoms with Gasteiger partial charge in [0.15, 0.2) is 0 Å². The van der Waals surface area contributed by atoms with E-state index in [2.05, 4.69) is 42.2 Å². The number of hydrogen-bond donors (Lipinski definition) is 1. The van der Waals surface area contributed by atoms with E-state index in [1.807, 2.05) is 6.92 Å². The summed E-state index contributed by atoms with van der Waals surface area (Å²) in [7, 11) is 0. The summed E-state index contributed by atoms with van der Waals surface area (Å²) in [4.78, 5) is 0. The Morgan fingerprint density at radius 3 is 3.00 bits per heavy atom. The molecule has 0 radical (unpaired) electrons. The van der Waals surface area contributed by atoms with Gasteiger partial charge < -0.3 is 10.1 Å². The van der Waals surface area contributed by atoms with Gasteiger partial charge in [-0.1, -0.05) is 0 Å². The summed E-state index contributed by atoms with van der Waals surface area (Å²) in [5.41, 5.74) is 2.51. The van der Waals surface area contributed by atoms with Crippen molar-refractivity contribution in [3.8, 4) is 5.75 Å². The molecule has 3 heteroatoms. The molecule has 1 atom stereocenters. The lowest BCUT2D eigenvalue weighted by atomic mass is 10.1. The minimum absolute atomic E-state index is 0.728. The summed E-state index contributed by atoms with van der Waals surface area (Å²) in [6, 6.07) is 6.30. The fraction of sp³-hybridized carbons (Fsp3) is 0.600. The van der Waals surface area contributed by atoms with Crippen LogP contribution >= 0.6 is 11.8 Å². The van der Waals surface area contributed by atoms with E-state index in [0.29, 0.717) is 0 Å². The van der Waals surface area contributed by atoms with Gasteiger partial charge in [-0.3, -0.25) is 0 Å². The zero-order valence-electron chi connectivity index (χ0n) is 11.4. The van der Waals surface area contributed by atoms with Gasteiger partial charge in [-0.2, -0.15) is 11.8 Å². The molecule has 1 heterocycles. The summed E-state index contributed by atoms with van der Waals surface area (Å²) in [5, 5.41) is 3.58. The molecule has 2 rings (SSSR count). The molecule has 1 aliphatic heterocycles. The summed E-state index contributed by atoms with van der Waals surface area (Å²) < 4.78 is 5.51. The Hall–Kier alpha value is -0.830. The van der Waals surface area contributed by atoms with Crippen molar-refractivity contribution in [2.45, 2.75) is 26.7 Å². The second-order valence-electron chi connectivity index (χ2n) is 4.87. The molecule has 0 bridgehead atoms. The first-order chi connectivity index (χ1) is 8.79. The monoisotopic (exact) mass is 265 g/mol. The first-order valence-electron chi connectivity index (χ1n) is 6.84. The Balaban J connectivity index is 1.88. The lowest BCUT2D eigenvalue weighted by Gasteiger charge is -2.22. The van der Waals surface area contributed by atoms with Crippen molar-refractivity contribution in [1.82, 2.24) is 0 Å². The van der Waals surface area contributed by atoms with Gasteiger partial charge >= 0.3 is 0 Å². The molecule has 0 saturated carbocycles. The van der Waals surface area contributed by atoms with Gasteiger partial charge in [0.2, 0.25) is 0 Å². The van der Waals surface area contributed by atoms with Gasteiger partial charge in [0, 0.05) is 12.2 Å². The third-order valence-corrected chi connectivity index (χ3v) is 4.63. The average molecular weight is 265 g/mol. The maximum Gasteiger partial charge on any atom is 0.119 e. The highest BCUT2D eigenvalue weighted by atomic mass is 32.2. The van der Waals surface area contributed by atoms with E-state index < -0.39 is 0 Å². The first kappa shape index (κ1) is 13.6. The van der Waals surface area contributed by atoms with Crippen LogP contribution in [0.4, 0.5) is 5.69 Å². The van der Waals surface area contributed by atoms with Gasteiger partial charge in [0.25, 0.3) is 0 Å². The summed E-state index contributed by atoms with van der Waals surface area (Å²) in [5.74, 6) is 4.45. The minimum Gasteiger partial charge on any atom is -0.494 e. The van der Waals surface area contributed by atoms with Crippen LogP contribution in [0.1, 0.15) is 25.3 Å². The standard InChI is InChI=1S/C15H23NOS/c1-3-17-14-6-7-15(12(2)9-14)16-10-13-5-4-8-18-11-13/h6-7,9,13,16H,3-5,8,10-11H2,1-2H3. The van der Waals surface area contributed by atoms with Crippen LogP contribution in [0.25, 0.3) is 0 Å². The summed E-state index contributed by atoms with van der Waals surface area (Å²) in [6.45, 7) is 5.98. The first-order valence-corrected chi connectivity index (χ1v) is 8.00. The van der Waals surface area contributed by atoms with E-state index in [1.165, 1.54) is 35.6 Å². The van der Waals surface area contributed by atoms with Crippen LogP contribution in [0.2, 0.25) is 0 Å². The Morgan fingerprint density at radius 2 is 2.33 bits per heavy atom. The molecular weight excluding hydrogens is 242 g/mol. The minimum atomic E-state index is 0.728. The fourth-order valence-corrected chi connectivity index (χ4v) is 3.47. The van der Waals surface area contributed by atoms with Crippen molar-refractivity contribution in [1.29, 1.82) is 0 Å². The van der Waals surface area contributed by atoms with Gasteiger partial charge in [0.1, 0.15) is 5.75 Å². The number of nitrogens with one attached hydrogen (secondary N) is 1. The van der Waals surface area contributed by atoms with E-state index in [9.17, 15) is 0 Å². The topological polar surface area (TPSA) is 21.3 Å². The normalized spacial score (nSPS) is 19.6. The molecule has 1 aromatic carbocycles. The van der Waals surface area contributed by atoms with Gasteiger partial charge in [0.05, 0.1) is 6.61 Å². The largest absolute Gasteiger partial charge is 0.494 e. The Bertz CT molecular complexity index is 375. The molecule has 18 heavy (non-hydrogen) atoms. The maximum atomic E-state index is 5.51. The van der Waals surface area contributed by atoms with E-state index in [0.717, 1.165) is 24.8 Å². The molecule has 1 aliphatic rings. The third-order valence-electron chi connectivity index (χ3n) is 3.34. The zero-order valence-corrected chi connectivity index (χ0v) is 12.2. The number of ether oxygens (including phenoxy) is 1. The predicted molar refractivity (Wildman–Crippen MR) is 80.9 cm³/mol. The maximum absolute atomic E-state index is 5.51. The smallest absolute Gasteiger partial charge is 0.119 e. The van der Waals surface area contributed by atoms with E-state index in [1.54, 1.807) is 0 Å². The highest BCUT2D eigenvalue weighted by Gasteiger charge is 2.13. The quantitative estimate of drug-likeness (QED) is 0.871. The van der Waals surface area contributed by atoms with Crippen molar-refractivity contribution in [2.24, 2.45) is 5.92 Å². The Morgan fingerprint density at radius 1 is 1.44 bits per heavy atom. The van der Waals surface area contributed by atoms with Crippen molar-refractivity contribution in [2.75, 3.05) is 30.0 Å². The highest BCUT2D eigenvalue weighted by molar-refractivity contribution is 7.99. The lowest BCUT2D eigenvalue weighted by Crippen LogP contribution is -2.20. The van der Waals surface area contributed by atoms with Crippen LogP contribution in [-0.2, 0) is 0 Å². The Kier molecular flexibility index (Phi) is 5.24. The van der Waals surface area contributed by atoms with Crippen molar-refractivity contribution in [3.05, 3.63) is 23.8 Å². The highest BCUT2D eigenvalue weighted by Crippen LogP contribution is 2.25. The number of aryl methyl sites for hydroxylation is 1. The molecule has 0 aromatic heterocycles. The third kappa shape index (κ3) is 3.84. The van der Waals surface area contributed by atoms with Crippen LogP contribution in [0.3, 0.4) is 0 Å². The molecule has 1 unspecified atom stereocenters. The molecule has 2 nitrogen and oxygen atoms in total. The summed E-state index contributed by atoms with van der Waals surface area (Å²) >= 11 is 2.09. The van der Waals surface area contributed by atoms with Crippen molar-refractivity contribution < 1.29 is 4.74 Å². The Labute approximate surface area is 114 Å². The second-order valence-corrected chi connectivity index (χ2v) is 6.02. The summed E-state index contributed by atoms with van der Waals surface area (Å²) in [6.07, 6.45) is 2.75. The molecule has 1 N–H and O–H groups in total. The molecule has 0 amide bonds. The van der Waals surface area contributed by atoms with E-state index in [-0.39, 0.29) is 0 Å². The number of benzene rings is 1. The zero-order chi connectivity index (χ0) is 12.8. The van der Waals surface area contributed by atoms with Crippen molar-refractivity contribution >= 4 is 17.4 Å². The van der Waals surface area contributed by atoms with Crippen LogP contribution in [0, 0.1) is 12.8 Å². The van der Waals surface area contributed by atoms with Gasteiger partial charge in [-0.25, -0.2) is 0 Å². The lowest BCUT2D eigenvalue weighted by molar-refractivity contribution is 0.340. The van der Waals surface area contributed by atoms with E-state index in [4.69, 9.17) is 4.74 Å². The van der Waals surface area contributed by atoms with Gasteiger partial charge in [-0.05, 0) is 67.9 Å². The average Bonchev–Trinajstić information content (AvgIpc) is 2.39. The predicted octanol–water partition coefficient (Wildman–Crippen LogP) is 3.95. The van der Waals surface area contributed by atoms with Crippen molar-refractivity contribution in [3.63, 3.8) is 0 Å².